The van der Waals surface area contributed by atoms with E-state index in [-0.39, 0.29) is 17.2 Å². The van der Waals surface area contributed by atoms with E-state index in [9.17, 15) is 30.8 Å². The highest BCUT2D eigenvalue weighted by Crippen LogP contribution is 2.29. The van der Waals surface area contributed by atoms with Gasteiger partial charge in [0, 0.05) is 29.4 Å². The van der Waals surface area contributed by atoms with Crippen molar-refractivity contribution in [1.82, 2.24) is 20.6 Å². The number of nitrogens with zero attached hydrogens (tertiary/aromatic N) is 2. The molecule has 13 heteroatoms. The summed E-state index contributed by atoms with van der Waals surface area (Å²) in [4.78, 5) is 20.4. The summed E-state index contributed by atoms with van der Waals surface area (Å²) in [6, 6.07) is 9.24. The van der Waals surface area contributed by atoms with Gasteiger partial charge in [-0.15, -0.1) is 0 Å². The van der Waals surface area contributed by atoms with Crippen LogP contribution < -0.4 is 10.6 Å². The van der Waals surface area contributed by atoms with Crippen molar-refractivity contribution in [3.05, 3.63) is 78.0 Å². The molecule has 194 valence electrons. The highest BCUT2D eigenvalue weighted by molar-refractivity contribution is 7.91. The van der Waals surface area contributed by atoms with Gasteiger partial charge in [0.15, 0.2) is 0 Å². The molecule has 4 rings (SSSR count). The highest BCUT2D eigenvalue weighted by Gasteiger charge is 2.30. The largest absolute Gasteiger partial charge is 0.445 e. The number of pyridine rings is 2. The monoisotopic (exact) mass is 536 g/mol. The number of amides is 1. The fraction of sp³-hybridized carbons (Fsp3) is 0.208. The molecule has 1 amide bonds. The minimum atomic E-state index is -4.49. The first kappa shape index (κ1) is 26.2. The maximum atomic E-state index is 13.3. The predicted molar refractivity (Wildman–Crippen MR) is 125 cm³/mol. The van der Waals surface area contributed by atoms with E-state index in [1.165, 1.54) is 31.3 Å². The van der Waals surface area contributed by atoms with Crippen molar-refractivity contribution in [2.45, 2.75) is 30.8 Å². The molecule has 4 aromatic rings. The molecule has 2 N–H and O–H groups in total. The summed E-state index contributed by atoms with van der Waals surface area (Å²) < 4.78 is 82.0. The van der Waals surface area contributed by atoms with Crippen LogP contribution in [-0.4, -0.2) is 36.2 Å². The van der Waals surface area contributed by atoms with E-state index in [1.54, 1.807) is 12.1 Å². The van der Waals surface area contributed by atoms with E-state index < -0.39 is 45.2 Å². The first-order valence-electron chi connectivity index (χ1n) is 10.8. The molecule has 0 saturated heterocycles. The quantitative estimate of drug-likeness (QED) is 0.326. The van der Waals surface area contributed by atoms with Gasteiger partial charge in [-0.25, -0.2) is 12.8 Å². The van der Waals surface area contributed by atoms with E-state index in [0.717, 1.165) is 24.4 Å². The van der Waals surface area contributed by atoms with Crippen molar-refractivity contribution >= 4 is 26.7 Å². The fourth-order valence-electron chi connectivity index (χ4n) is 3.34. The third-order valence-corrected chi connectivity index (χ3v) is 6.74. The normalized spacial score (nSPS) is 13.0. The Bertz CT molecular complexity index is 1540. The maximum Gasteiger partial charge on any atom is 0.417 e. The van der Waals surface area contributed by atoms with Crippen LogP contribution >= 0.6 is 0 Å². The molecular formula is C24H20F4N4O4S. The Morgan fingerprint density at radius 2 is 1.86 bits per heavy atom. The van der Waals surface area contributed by atoms with Crippen LogP contribution in [0.25, 0.3) is 22.2 Å². The van der Waals surface area contributed by atoms with Crippen LogP contribution in [0.2, 0.25) is 0 Å². The molecule has 0 aliphatic rings. The molecule has 1 atom stereocenters. The van der Waals surface area contributed by atoms with Gasteiger partial charge in [0.05, 0.1) is 29.5 Å². The number of carbonyl (C=O) groups is 1. The van der Waals surface area contributed by atoms with E-state index in [0.29, 0.717) is 22.3 Å². The maximum absolute atomic E-state index is 13.3. The Hall–Kier alpha value is -3.84. The zero-order valence-electron chi connectivity index (χ0n) is 19.2. The number of alkyl halides is 3. The Balaban J connectivity index is 1.34. The Morgan fingerprint density at radius 3 is 2.57 bits per heavy atom. The molecule has 3 aromatic heterocycles. The van der Waals surface area contributed by atoms with Crippen molar-refractivity contribution in [2.24, 2.45) is 0 Å². The number of furan rings is 1. The lowest BCUT2D eigenvalue weighted by Gasteiger charge is -2.14. The van der Waals surface area contributed by atoms with Gasteiger partial charge in [0.25, 0.3) is 0 Å². The van der Waals surface area contributed by atoms with Crippen LogP contribution in [0.5, 0.6) is 0 Å². The number of nitrogens with one attached hydrogen (secondary N) is 2. The smallest absolute Gasteiger partial charge is 0.417 e. The molecule has 0 spiro atoms. The van der Waals surface area contributed by atoms with E-state index in [4.69, 9.17) is 4.42 Å². The lowest BCUT2D eigenvalue weighted by molar-refractivity contribution is -0.137. The number of sulfone groups is 1. The number of fused-ring (bicyclic) bond motifs is 1. The molecule has 0 unspecified atom stereocenters. The Kier molecular flexibility index (Phi) is 7.28. The van der Waals surface area contributed by atoms with Gasteiger partial charge in [-0.3, -0.25) is 20.1 Å². The van der Waals surface area contributed by atoms with Gasteiger partial charge in [-0.05, 0) is 49.4 Å². The van der Waals surface area contributed by atoms with Gasteiger partial charge in [0.2, 0.25) is 20.8 Å². The fourth-order valence-corrected chi connectivity index (χ4v) is 4.47. The highest BCUT2D eigenvalue weighted by atomic mass is 32.2. The molecule has 0 fully saturated rings. The van der Waals surface area contributed by atoms with Gasteiger partial charge in [0.1, 0.15) is 17.3 Å². The van der Waals surface area contributed by atoms with Gasteiger partial charge < -0.3 is 9.73 Å². The van der Waals surface area contributed by atoms with Crippen molar-refractivity contribution in [3.63, 3.8) is 0 Å². The zero-order valence-corrected chi connectivity index (χ0v) is 20.0. The second kappa shape index (κ2) is 10.3. The average Bonchev–Trinajstić information content (AvgIpc) is 3.30. The summed E-state index contributed by atoms with van der Waals surface area (Å²) in [5.74, 6) is -1.64. The number of halogens is 4. The number of aromatic nitrogens is 2. The summed E-state index contributed by atoms with van der Waals surface area (Å²) in [6.45, 7) is 1.45. The van der Waals surface area contributed by atoms with Crippen LogP contribution in [0.3, 0.4) is 0 Å². The van der Waals surface area contributed by atoms with Gasteiger partial charge in [-0.2, -0.15) is 13.2 Å². The number of hydrogen-bond donors (Lipinski definition) is 2. The zero-order chi connectivity index (χ0) is 26.8. The van der Waals surface area contributed by atoms with Crippen LogP contribution in [0, 0.1) is 5.82 Å². The molecule has 0 aliphatic carbocycles. The molecule has 8 nitrogen and oxygen atoms in total. The number of hydrogen-bond acceptors (Lipinski definition) is 7. The topological polar surface area (TPSA) is 114 Å². The first-order valence-corrected chi connectivity index (χ1v) is 12.5. The molecule has 0 bridgehead atoms. The molecule has 0 saturated carbocycles. The number of benzene rings is 1. The molecule has 0 aliphatic heterocycles. The minimum absolute atomic E-state index is 0.0127. The minimum Gasteiger partial charge on any atom is -0.445 e. The van der Waals surface area contributed by atoms with E-state index in [1.807, 2.05) is 0 Å². The third kappa shape index (κ3) is 6.30. The summed E-state index contributed by atoms with van der Waals surface area (Å²) in [6.07, 6.45) is -2.32. The van der Waals surface area contributed by atoms with Gasteiger partial charge in [-0.1, -0.05) is 0 Å². The van der Waals surface area contributed by atoms with Crippen molar-refractivity contribution in [2.75, 3.05) is 5.88 Å². The van der Waals surface area contributed by atoms with Crippen LogP contribution in [0.15, 0.2) is 70.4 Å². The molecule has 1 aromatic carbocycles. The Labute approximate surface area is 208 Å². The van der Waals surface area contributed by atoms with Gasteiger partial charge >= 0.3 is 6.18 Å². The average molecular weight is 537 g/mol. The lowest BCUT2D eigenvalue weighted by atomic mass is 10.1. The standard InChI is InChI=1S/C24H20F4N4O4S/c1-14(32-13-37(34,35)22-10-16-8-18(25)3-5-21(16)36-22)23(33)31-12-19-9-15(6-7-29-19)20-4-2-17(11-30-20)24(26,27)28/h2-11,14,32H,12-13H2,1H3,(H,31,33)/t14-/m0/s1. The summed E-state index contributed by atoms with van der Waals surface area (Å²) in [5.41, 5.74) is 0.580. The SMILES string of the molecule is C[C@H](NCS(=O)(=O)c1cc2cc(F)ccc2o1)C(=O)NCc1cc(-c2ccc(C(F)(F)F)cn2)ccn1. The molecular weight excluding hydrogens is 516 g/mol. The second-order valence-corrected chi connectivity index (χ2v) is 10.0. The van der Waals surface area contributed by atoms with Crippen LogP contribution in [0.4, 0.5) is 17.6 Å². The van der Waals surface area contributed by atoms with Crippen LogP contribution in [0.1, 0.15) is 18.2 Å². The summed E-state index contributed by atoms with van der Waals surface area (Å²) in [7, 11) is -3.95. The van der Waals surface area contributed by atoms with Crippen LogP contribution in [-0.2, 0) is 27.4 Å². The van der Waals surface area contributed by atoms with Crippen molar-refractivity contribution in [3.8, 4) is 11.3 Å². The Morgan fingerprint density at radius 1 is 1.08 bits per heavy atom. The summed E-state index contributed by atoms with van der Waals surface area (Å²) in [5, 5.41) is 5.17. The summed E-state index contributed by atoms with van der Waals surface area (Å²) >= 11 is 0. The van der Waals surface area contributed by atoms with E-state index in [2.05, 4.69) is 20.6 Å². The number of rotatable bonds is 8. The first-order chi connectivity index (χ1) is 17.4. The predicted octanol–water partition coefficient (Wildman–Crippen LogP) is 4.07. The van der Waals surface area contributed by atoms with E-state index >= 15 is 0 Å². The van der Waals surface area contributed by atoms with Crippen molar-refractivity contribution < 1.29 is 35.2 Å². The number of carbonyl (C=O) groups excluding carboxylic acids is 1. The second-order valence-electron chi connectivity index (χ2n) is 8.12. The van der Waals surface area contributed by atoms with Crippen molar-refractivity contribution in [1.29, 1.82) is 0 Å². The molecule has 0 radical (unpaired) electrons. The molecule has 37 heavy (non-hydrogen) atoms. The molecule has 3 heterocycles. The third-order valence-electron chi connectivity index (χ3n) is 5.38. The lowest BCUT2D eigenvalue weighted by Crippen LogP contribution is -2.43.